The van der Waals surface area contributed by atoms with Gasteiger partial charge in [0.25, 0.3) is 0 Å². The summed E-state index contributed by atoms with van der Waals surface area (Å²) in [6.45, 7) is 2.89. The standard InChI is InChI=1S/C15H22FNO2/c1-10(17-9-11-3-5-13(18)7-11)12-4-6-15(19-2)14(16)8-12/h4,6,8,10-11,13,17-18H,3,5,7,9H2,1-2H3. The first-order chi connectivity index (χ1) is 9.10. The van der Waals surface area contributed by atoms with E-state index < -0.39 is 0 Å². The third kappa shape index (κ3) is 3.67. The largest absolute Gasteiger partial charge is 0.494 e. The summed E-state index contributed by atoms with van der Waals surface area (Å²) in [5, 5.41) is 12.9. The fraction of sp³-hybridized carbons (Fsp3) is 0.600. The number of hydrogen-bond donors (Lipinski definition) is 2. The molecule has 1 aliphatic rings. The number of hydrogen-bond acceptors (Lipinski definition) is 3. The molecule has 3 atom stereocenters. The fourth-order valence-corrected chi connectivity index (χ4v) is 2.65. The van der Waals surface area contributed by atoms with Crippen molar-refractivity contribution >= 4 is 0 Å². The predicted octanol–water partition coefficient (Wildman–Crippen LogP) is 2.65. The van der Waals surface area contributed by atoms with Gasteiger partial charge in [-0.05, 0) is 56.3 Å². The summed E-state index contributed by atoms with van der Waals surface area (Å²) in [7, 11) is 1.46. The van der Waals surface area contributed by atoms with Crippen LogP contribution in [0, 0.1) is 11.7 Å². The second kappa shape index (κ2) is 6.35. The van der Waals surface area contributed by atoms with Crippen molar-refractivity contribution in [2.24, 2.45) is 5.92 Å². The number of benzene rings is 1. The van der Waals surface area contributed by atoms with Gasteiger partial charge in [-0.3, -0.25) is 0 Å². The molecule has 3 unspecified atom stereocenters. The lowest BCUT2D eigenvalue weighted by Crippen LogP contribution is -2.25. The molecule has 0 heterocycles. The molecule has 1 fully saturated rings. The van der Waals surface area contributed by atoms with Gasteiger partial charge in [0.1, 0.15) is 0 Å². The number of nitrogens with one attached hydrogen (secondary N) is 1. The summed E-state index contributed by atoms with van der Waals surface area (Å²) in [6, 6.07) is 5.14. The first-order valence-corrected chi connectivity index (χ1v) is 6.85. The average molecular weight is 267 g/mol. The molecular formula is C15H22FNO2. The summed E-state index contributed by atoms with van der Waals surface area (Å²) in [4.78, 5) is 0. The van der Waals surface area contributed by atoms with Gasteiger partial charge in [0.15, 0.2) is 11.6 Å². The molecule has 106 valence electrons. The van der Waals surface area contributed by atoms with Gasteiger partial charge in [0, 0.05) is 6.04 Å². The Morgan fingerprint density at radius 3 is 2.84 bits per heavy atom. The second-order valence-corrected chi connectivity index (χ2v) is 5.36. The Hall–Kier alpha value is -1.13. The third-order valence-corrected chi connectivity index (χ3v) is 3.90. The molecule has 2 N–H and O–H groups in total. The molecule has 0 amide bonds. The van der Waals surface area contributed by atoms with Crippen LogP contribution in [0.4, 0.5) is 4.39 Å². The minimum atomic E-state index is -0.329. The molecule has 1 aromatic rings. The Morgan fingerprint density at radius 2 is 2.26 bits per heavy atom. The Kier molecular flexibility index (Phi) is 4.77. The molecule has 0 saturated heterocycles. The molecule has 1 saturated carbocycles. The van der Waals surface area contributed by atoms with Gasteiger partial charge in [-0.1, -0.05) is 6.07 Å². The van der Waals surface area contributed by atoms with Gasteiger partial charge >= 0.3 is 0 Å². The molecular weight excluding hydrogens is 245 g/mol. The molecule has 1 aromatic carbocycles. The summed E-state index contributed by atoms with van der Waals surface area (Å²) < 4.78 is 18.5. The molecule has 0 aliphatic heterocycles. The minimum absolute atomic E-state index is 0.0955. The summed E-state index contributed by atoms with van der Waals surface area (Å²) in [6.07, 6.45) is 2.70. The van der Waals surface area contributed by atoms with E-state index in [1.165, 1.54) is 13.2 Å². The van der Waals surface area contributed by atoms with E-state index in [1.54, 1.807) is 6.07 Å². The zero-order chi connectivity index (χ0) is 13.8. The van der Waals surface area contributed by atoms with Crippen LogP contribution < -0.4 is 10.1 Å². The molecule has 0 radical (unpaired) electrons. The normalized spacial score (nSPS) is 24.4. The van der Waals surface area contributed by atoms with Crippen LogP contribution in [-0.4, -0.2) is 24.9 Å². The summed E-state index contributed by atoms with van der Waals surface area (Å²) in [5.74, 6) is 0.473. The smallest absolute Gasteiger partial charge is 0.165 e. The van der Waals surface area contributed by atoms with Crippen molar-refractivity contribution in [3.05, 3.63) is 29.6 Å². The van der Waals surface area contributed by atoms with E-state index in [-0.39, 0.29) is 23.7 Å². The minimum Gasteiger partial charge on any atom is -0.494 e. The van der Waals surface area contributed by atoms with Crippen LogP contribution in [0.2, 0.25) is 0 Å². The van der Waals surface area contributed by atoms with Crippen LogP contribution >= 0.6 is 0 Å². The number of rotatable bonds is 5. The lowest BCUT2D eigenvalue weighted by molar-refractivity contribution is 0.177. The van der Waals surface area contributed by atoms with E-state index in [4.69, 9.17) is 4.74 Å². The SMILES string of the molecule is COc1ccc(C(C)NCC2CCC(O)C2)cc1F. The van der Waals surface area contributed by atoms with E-state index >= 15 is 0 Å². The molecule has 3 nitrogen and oxygen atoms in total. The highest BCUT2D eigenvalue weighted by molar-refractivity contribution is 5.30. The Morgan fingerprint density at radius 1 is 1.47 bits per heavy atom. The molecule has 2 rings (SSSR count). The van der Waals surface area contributed by atoms with Crippen molar-refractivity contribution in [2.45, 2.75) is 38.3 Å². The molecule has 4 heteroatoms. The van der Waals surface area contributed by atoms with Crippen molar-refractivity contribution < 1.29 is 14.2 Å². The quantitative estimate of drug-likeness (QED) is 0.861. The first-order valence-electron chi connectivity index (χ1n) is 6.85. The number of aliphatic hydroxyl groups excluding tert-OH is 1. The van der Waals surface area contributed by atoms with Crippen molar-refractivity contribution in [1.29, 1.82) is 0 Å². The fourth-order valence-electron chi connectivity index (χ4n) is 2.65. The van der Waals surface area contributed by atoms with Crippen LogP contribution in [-0.2, 0) is 0 Å². The number of aliphatic hydroxyl groups is 1. The van der Waals surface area contributed by atoms with Crippen LogP contribution in [0.15, 0.2) is 18.2 Å². The van der Waals surface area contributed by atoms with E-state index in [1.807, 2.05) is 13.0 Å². The maximum Gasteiger partial charge on any atom is 0.165 e. The van der Waals surface area contributed by atoms with Gasteiger partial charge in [-0.15, -0.1) is 0 Å². The van der Waals surface area contributed by atoms with Crippen molar-refractivity contribution in [2.75, 3.05) is 13.7 Å². The number of halogens is 1. The number of ether oxygens (including phenoxy) is 1. The highest BCUT2D eigenvalue weighted by Gasteiger charge is 2.23. The van der Waals surface area contributed by atoms with Crippen LogP contribution in [0.3, 0.4) is 0 Å². The molecule has 1 aliphatic carbocycles. The molecule has 0 aromatic heterocycles. The topological polar surface area (TPSA) is 41.5 Å². The monoisotopic (exact) mass is 267 g/mol. The Bertz CT molecular complexity index is 425. The summed E-state index contributed by atoms with van der Waals surface area (Å²) >= 11 is 0. The van der Waals surface area contributed by atoms with E-state index in [2.05, 4.69) is 5.32 Å². The second-order valence-electron chi connectivity index (χ2n) is 5.36. The van der Waals surface area contributed by atoms with Gasteiger partial charge in [-0.2, -0.15) is 0 Å². The first kappa shape index (κ1) is 14.3. The highest BCUT2D eigenvalue weighted by atomic mass is 19.1. The maximum absolute atomic E-state index is 13.6. The van der Waals surface area contributed by atoms with Gasteiger partial charge < -0.3 is 15.2 Å². The van der Waals surface area contributed by atoms with Crippen molar-refractivity contribution in [1.82, 2.24) is 5.32 Å². The Balaban J connectivity index is 1.89. The zero-order valence-electron chi connectivity index (χ0n) is 11.5. The maximum atomic E-state index is 13.6. The zero-order valence-corrected chi connectivity index (χ0v) is 11.5. The number of methoxy groups -OCH3 is 1. The van der Waals surface area contributed by atoms with Gasteiger partial charge in [-0.25, -0.2) is 4.39 Å². The van der Waals surface area contributed by atoms with Crippen molar-refractivity contribution in [3.63, 3.8) is 0 Å². The van der Waals surface area contributed by atoms with Crippen LogP contribution in [0.25, 0.3) is 0 Å². The molecule has 0 bridgehead atoms. The lowest BCUT2D eigenvalue weighted by Gasteiger charge is -2.18. The average Bonchev–Trinajstić information content (AvgIpc) is 2.81. The van der Waals surface area contributed by atoms with Crippen LogP contribution in [0.5, 0.6) is 5.75 Å². The van der Waals surface area contributed by atoms with E-state index in [9.17, 15) is 9.50 Å². The third-order valence-electron chi connectivity index (χ3n) is 3.90. The lowest BCUT2D eigenvalue weighted by atomic mass is 10.1. The van der Waals surface area contributed by atoms with Gasteiger partial charge in [0.2, 0.25) is 0 Å². The summed E-state index contributed by atoms with van der Waals surface area (Å²) in [5.41, 5.74) is 0.914. The molecule has 19 heavy (non-hydrogen) atoms. The van der Waals surface area contributed by atoms with E-state index in [0.717, 1.165) is 31.4 Å². The van der Waals surface area contributed by atoms with Crippen molar-refractivity contribution in [3.8, 4) is 5.75 Å². The Labute approximate surface area is 113 Å². The van der Waals surface area contributed by atoms with E-state index in [0.29, 0.717) is 5.92 Å². The highest BCUT2D eigenvalue weighted by Crippen LogP contribution is 2.26. The van der Waals surface area contributed by atoms with Gasteiger partial charge in [0.05, 0.1) is 13.2 Å². The van der Waals surface area contributed by atoms with Crippen LogP contribution in [0.1, 0.15) is 37.8 Å². The molecule has 0 spiro atoms. The predicted molar refractivity (Wildman–Crippen MR) is 72.7 cm³/mol.